The molecule has 0 aliphatic rings. The first-order valence-corrected chi connectivity index (χ1v) is 5.92. The molecule has 0 spiro atoms. The van der Waals surface area contributed by atoms with E-state index in [1.54, 1.807) is 0 Å². The van der Waals surface area contributed by atoms with Gasteiger partial charge in [0, 0.05) is 10.0 Å². The number of aryl methyl sites for hydroxylation is 1. The molecule has 0 radical (unpaired) electrons. The van der Waals surface area contributed by atoms with Crippen LogP contribution < -0.4 is 0 Å². The van der Waals surface area contributed by atoms with E-state index < -0.39 is 5.97 Å². The Bertz CT molecular complexity index is 540. The number of hydrogen-bond acceptors (Lipinski definition) is 2. The summed E-state index contributed by atoms with van der Waals surface area (Å²) in [6.45, 7) is 1.85. The Morgan fingerprint density at radius 2 is 2.00 bits per heavy atom. The van der Waals surface area contributed by atoms with Crippen LogP contribution in [0.4, 0.5) is 0 Å². The Kier molecular flexibility index (Phi) is 3.33. The van der Waals surface area contributed by atoms with Crippen molar-refractivity contribution in [3.05, 3.63) is 46.1 Å². The Morgan fingerprint density at radius 3 is 2.59 bits per heavy atom. The number of carboxylic acids is 1. The van der Waals surface area contributed by atoms with E-state index in [-0.39, 0.29) is 6.42 Å². The molecule has 2 rings (SSSR count). The zero-order chi connectivity index (χ0) is 12.4. The maximum absolute atomic E-state index is 10.6. The third-order valence-electron chi connectivity index (χ3n) is 2.46. The lowest BCUT2D eigenvalue weighted by Gasteiger charge is -1.97. The van der Waals surface area contributed by atoms with Crippen LogP contribution in [-0.2, 0) is 11.2 Å². The van der Waals surface area contributed by atoms with Gasteiger partial charge in [0.05, 0.1) is 0 Å². The molecule has 0 atom stereocenters. The molecule has 4 heteroatoms. The van der Waals surface area contributed by atoms with Crippen molar-refractivity contribution < 1.29 is 14.3 Å². The standard InChI is InChI=1S/C13H11BrO3/c1-8-6-12(17-11(8)7-13(15)16)9-2-4-10(14)5-3-9/h2-6H,7H2,1H3,(H,15,16). The molecule has 3 nitrogen and oxygen atoms in total. The Balaban J connectivity index is 2.34. The number of hydrogen-bond donors (Lipinski definition) is 1. The van der Waals surface area contributed by atoms with Gasteiger partial charge in [0.2, 0.25) is 0 Å². The third kappa shape index (κ3) is 2.77. The van der Waals surface area contributed by atoms with E-state index in [2.05, 4.69) is 15.9 Å². The van der Waals surface area contributed by atoms with Gasteiger partial charge in [-0.15, -0.1) is 0 Å². The smallest absolute Gasteiger partial charge is 0.311 e. The first-order valence-electron chi connectivity index (χ1n) is 5.13. The van der Waals surface area contributed by atoms with Gasteiger partial charge in [-0.2, -0.15) is 0 Å². The summed E-state index contributed by atoms with van der Waals surface area (Å²) < 4.78 is 6.55. The van der Waals surface area contributed by atoms with Gasteiger partial charge in [-0.05, 0) is 30.7 Å². The Morgan fingerprint density at radius 1 is 1.35 bits per heavy atom. The molecule has 1 aromatic carbocycles. The minimum atomic E-state index is -0.884. The van der Waals surface area contributed by atoms with Gasteiger partial charge in [0.25, 0.3) is 0 Å². The molecular formula is C13H11BrO3. The SMILES string of the molecule is Cc1cc(-c2ccc(Br)cc2)oc1CC(=O)O. The molecule has 0 amide bonds. The number of halogens is 1. The molecule has 88 valence electrons. The molecule has 1 aromatic heterocycles. The van der Waals surface area contributed by atoms with Crippen LogP contribution in [0.3, 0.4) is 0 Å². The topological polar surface area (TPSA) is 50.4 Å². The normalized spacial score (nSPS) is 10.5. The van der Waals surface area contributed by atoms with Crippen LogP contribution in [0.25, 0.3) is 11.3 Å². The molecule has 1 heterocycles. The fourth-order valence-electron chi connectivity index (χ4n) is 1.59. The minimum Gasteiger partial charge on any atom is -0.481 e. The lowest BCUT2D eigenvalue weighted by Crippen LogP contribution is -1.99. The second kappa shape index (κ2) is 4.75. The lowest BCUT2D eigenvalue weighted by atomic mass is 10.1. The Hall–Kier alpha value is -1.55. The van der Waals surface area contributed by atoms with Crippen LogP contribution in [-0.4, -0.2) is 11.1 Å². The van der Waals surface area contributed by atoms with Gasteiger partial charge in [-0.1, -0.05) is 28.1 Å². The van der Waals surface area contributed by atoms with E-state index in [4.69, 9.17) is 9.52 Å². The summed E-state index contributed by atoms with van der Waals surface area (Å²) in [4.78, 5) is 10.6. The molecule has 0 aliphatic heterocycles. The average Bonchev–Trinajstić information content (AvgIpc) is 2.60. The molecule has 2 aromatic rings. The van der Waals surface area contributed by atoms with Crippen LogP contribution in [0.1, 0.15) is 11.3 Å². The van der Waals surface area contributed by atoms with E-state index in [0.717, 1.165) is 15.6 Å². The third-order valence-corrected chi connectivity index (χ3v) is 2.99. The largest absolute Gasteiger partial charge is 0.481 e. The number of carbonyl (C=O) groups is 1. The quantitative estimate of drug-likeness (QED) is 0.940. The highest BCUT2D eigenvalue weighted by Crippen LogP contribution is 2.26. The van der Waals surface area contributed by atoms with E-state index in [9.17, 15) is 4.79 Å². The highest BCUT2D eigenvalue weighted by molar-refractivity contribution is 9.10. The first kappa shape index (κ1) is 11.9. The van der Waals surface area contributed by atoms with Crippen LogP contribution in [0, 0.1) is 6.92 Å². The summed E-state index contributed by atoms with van der Waals surface area (Å²) >= 11 is 3.36. The zero-order valence-electron chi connectivity index (χ0n) is 9.24. The molecule has 1 N–H and O–H groups in total. The van der Waals surface area contributed by atoms with Crippen molar-refractivity contribution in [3.8, 4) is 11.3 Å². The van der Waals surface area contributed by atoms with Gasteiger partial charge >= 0.3 is 5.97 Å². The van der Waals surface area contributed by atoms with Crippen molar-refractivity contribution in [3.63, 3.8) is 0 Å². The molecule has 0 bridgehead atoms. The van der Waals surface area contributed by atoms with E-state index >= 15 is 0 Å². The summed E-state index contributed by atoms with van der Waals surface area (Å²) in [5.41, 5.74) is 1.80. The summed E-state index contributed by atoms with van der Waals surface area (Å²) in [5, 5.41) is 8.74. The maximum Gasteiger partial charge on any atom is 0.311 e. The van der Waals surface area contributed by atoms with Crippen molar-refractivity contribution in [2.45, 2.75) is 13.3 Å². The van der Waals surface area contributed by atoms with Crippen molar-refractivity contribution >= 4 is 21.9 Å². The summed E-state index contributed by atoms with van der Waals surface area (Å²) in [7, 11) is 0. The number of benzene rings is 1. The zero-order valence-corrected chi connectivity index (χ0v) is 10.8. The van der Waals surface area contributed by atoms with Gasteiger partial charge in [-0.25, -0.2) is 0 Å². The Labute approximate surface area is 107 Å². The number of furan rings is 1. The van der Waals surface area contributed by atoms with Gasteiger partial charge < -0.3 is 9.52 Å². The monoisotopic (exact) mass is 294 g/mol. The molecule has 17 heavy (non-hydrogen) atoms. The molecule has 0 fully saturated rings. The molecule has 0 unspecified atom stereocenters. The molecule has 0 saturated heterocycles. The highest BCUT2D eigenvalue weighted by atomic mass is 79.9. The fraction of sp³-hybridized carbons (Fsp3) is 0.154. The van der Waals surface area contributed by atoms with E-state index in [1.165, 1.54) is 0 Å². The second-order valence-electron chi connectivity index (χ2n) is 3.79. The second-order valence-corrected chi connectivity index (χ2v) is 4.71. The van der Waals surface area contributed by atoms with Crippen molar-refractivity contribution in [2.24, 2.45) is 0 Å². The van der Waals surface area contributed by atoms with Gasteiger partial charge in [0.1, 0.15) is 17.9 Å². The predicted octanol–water partition coefficient (Wildman–Crippen LogP) is 3.64. The first-order chi connectivity index (χ1) is 8.06. The lowest BCUT2D eigenvalue weighted by molar-refractivity contribution is -0.136. The highest BCUT2D eigenvalue weighted by Gasteiger charge is 2.12. The predicted molar refractivity (Wildman–Crippen MR) is 67.9 cm³/mol. The van der Waals surface area contributed by atoms with E-state index in [1.807, 2.05) is 37.3 Å². The van der Waals surface area contributed by atoms with Crippen molar-refractivity contribution in [2.75, 3.05) is 0 Å². The van der Waals surface area contributed by atoms with Crippen LogP contribution in [0.5, 0.6) is 0 Å². The van der Waals surface area contributed by atoms with Crippen molar-refractivity contribution in [1.29, 1.82) is 0 Å². The number of carboxylic acid groups (broad SMARTS) is 1. The minimum absolute atomic E-state index is 0.0810. The summed E-state index contributed by atoms with van der Waals surface area (Å²) in [6.07, 6.45) is -0.0810. The van der Waals surface area contributed by atoms with Gasteiger partial charge in [0.15, 0.2) is 0 Å². The van der Waals surface area contributed by atoms with Crippen LogP contribution in [0.2, 0.25) is 0 Å². The number of rotatable bonds is 3. The summed E-state index contributed by atoms with van der Waals surface area (Å²) in [6, 6.07) is 9.55. The molecule has 0 saturated carbocycles. The van der Waals surface area contributed by atoms with Crippen LogP contribution in [0.15, 0.2) is 39.2 Å². The summed E-state index contributed by atoms with van der Waals surface area (Å²) in [5.74, 6) is 0.325. The maximum atomic E-state index is 10.6. The van der Waals surface area contributed by atoms with Crippen molar-refractivity contribution in [1.82, 2.24) is 0 Å². The molecule has 0 aliphatic carbocycles. The average molecular weight is 295 g/mol. The van der Waals surface area contributed by atoms with E-state index in [0.29, 0.717) is 11.5 Å². The number of aliphatic carboxylic acids is 1. The molecular weight excluding hydrogens is 284 g/mol. The van der Waals surface area contributed by atoms with Crippen LogP contribution >= 0.6 is 15.9 Å². The van der Waals surface area contributed by atoms with Gasteiger partial charge in [-0.3, -0.25) is 4.79 Å². The fourth-order valence-corrected chi connectivity index (χ4v) is 1.85.